The number of carbonyl (C=O) groups is 2. The van der Waals surface area contributed by atoms with Gasteiger partial charge >= 0.3 is 5.97 Å². The van der Waals surface area contributed by atoms with Crippen LogP contribution < -0.4 is 10.6 Å². The molecular weight excluding hydrogens is 340 g/mol. The minimum Gasteiger partial charge on any atom is -0.483 e. The molecular formula is C16H22N6O4. The molecule has 0 radical (unpaired) electrons. The number of rotatable bonds is 4. The zero-order chi connectivity index (χ0) is 18.9. The van der Waals surface area contributed by atoms with Crippen LogP contribution in [0.25, 0.3) is 0 Å². The molecule has 0 aliphatic carbocycles. The Labute approximate surface area is 150 Å². The number of anilines is 2. The fraction of sp³-hybridized carbons (Fsp3) is 0.438. The summed E-state index contributed by atoms with van der Waals surface area (Å²) >= 11 is 0. The summed E-state index contributed by atoms with van der Waals surface area (Å²) in [6.45, 7) is 2.33. The highest BCUT2D eigenvalue weighted by atomic mass is 16.5. The number of hydrogen-bond donors (Lipinski definition) is 2. The van der Waals surface area contributed by atoms with Crippen molar-refractivity contribution >= 4 is 24.2 Å². The monoisotopic (exact) mass is 362 g/mol. The average molecular weight is 362 g/mol. The highest BCUT2D eigenvalue weighted by Crippen LogP contribution is 2.22. The summed E-state index contributed by atoms with van der Waals surface area (Å²) in [5, 5.41) is 6.89. The van der Waals surface area contributed by atoms with E-state index in [1.807, 2.05) is 12.5 Å². The maximum Gasteiger partial charge on any atom is 0.356 e. The van der Waals surface area contributed by atoms with E-state index in [4.69, 9.17) is 20.4 Å². The number of aromatic nitrogens is 4. The molecule has 1 fully saturated rings. The maximum absolute atomic E-state index is 11.7. The molecule has 0 aromatic carbocycles. The van der Waals surface area contributed by atoms with Crippen LogP contribution in [0.2, 0.25) is 0 Å². The molecule has 1 saturated heterocycles. The van der Waals surface area contributed by atoms with Crippen LogP contribution in [0.3, 0.4) is 0 Å². The van der Waals surface area contributed by atoms with E-state index in [1.54, 1.807) is 6.20 Å². The van der Waals surface area contributed by atoms with Gasteiger partial charge in [-0.2, -0.15) is 4.98 Å². The molecule has 26 heavy (non-hydrogen) atoms. The zero-order valence-electron chi connectivity index (χ0n) is 14.5. The molecule has 0 saturated carbocycles. The Kier molecular flexibility index (Phi) is 6.89. The van der Waals surface area contributed by atoms with Gasteiger partial charge in [-0.25, -0.2) is 14.8 Å². The zero-order valence-corrected chi connectivity index (χ0v) is 14.5. The largest absolute Gasteiger partial charge is 0.483 e. The van der Waals surface area contributed by atoms with Crippen LogP contribution in [0, 0.1) is 5.92 Å². The molecule has 1 unspecified atom stereocenters. The number of carboxylic acid groups (broad SMARTS) is 1. The van der Waals surface area contributed by atoms with Gasteiger partial charge < -0.3 is 25.0 Å². The minimum atomic E-state index is -0.507. The molecule has 2 aromatic rings. The third-order valence-electron chi connectivity index (χ3n) is 3.96. The first kappa shape index (κ1) is 19.2. The highest BCUT2D eigenvalue weighted by Gasteiger charge is 2.23. The molecule has 10 heteroatoms. The first-order chi connectivity index (χ1) is 12.6. The summed E-state index contributed by atoms with van der Waals surface area (Å²) in [4.78, 5) is 34.8. The molecule has 1 aliphatic rings. The molecule has 2 aromatic heterocycles. The number of ether oxygens (including phenoxy) is 1. The molecule has 3 rings (SSSR count). The van der Waals surface area contributed by atoms with Gasteiger partial charge in [0.15, 0.2) is 5.69 Å². The summed E-state index contributed by atoms with van der Waals surface area (Å²) in [5.74, 6) is 0.727. The molecule has 10 nitrogen and oxygen atoms in total. The summed E-state index contributed by atoms with van der Waals surface area (Å²) < 4.78 is 6.79. The fourth-order valence-corrected chi connectivity index (χ4v) is 2.89. The standard InChI is InChI=1S/C15H20N6O2.CH2O2/c1-23-14(22)12-7-13(16)19-15(18-12)21-5-2-3-11(9-21)8-20-6-4-17-10-20;2-1-3/h4,6-7,10-11H,2-3,5,8-9H2,1H3,(H2,16,18,19);1H,(H,2,3). The van der Waals surface area contributed by atoms with Gasteiger partial charge in [-0.3, -0.25) is 4.79 Å². The van der Waals surface area contributed by atoms with Crippen molar-refractivity contribution < 1.29 is 19.4 Å². The van der Waals surface area contributed by atoms with E-state index in [0.29, 0.717) is 11.9 Å². The van der Waals surface area contributed by atoms with Gasteiger partial charge in [-0.1, -0.05) is 0 Å². The second-order valence-corrected chi connectivity index (χ2v) is 5.79. The van der Waals surface area contributed by atoms with Gasteiger partial charge in [0.2, 0.25) is 5.95 Å². The Bertz CT molecular complexity index is 722. The van der Waals surface area contributed by atoms with Crippen LogP contribution in [0.15, 0.2) is 24.8 Å². The number of nitrogens with two attached hydrogens (primary N) is 1. The number of methoxy groups -OCH3 is 1. The van der Waals surface area contributed by atoms with Crippen molar-refractivity contribution in [2.75, 3.05) is 30.8 Å². The van der Waals surface area contributed by atoms with Gasteiger partial charge in [0, 0.05) is 38.1 Å². The van der Waals surface area contributed by atoms with Crippen molar-refractivity contribution in [3.63, 3.8) is 0 Å². The lowest BCUT2D eigenvalue weighted by atomic mass is 9.98. The first-order valence-electron chi connectivity index (χ1n) is 8.08. The van der Waals surface area contributed by atoms with Crippen LogP contribution in [0.4, 0.5) is 11.8 Å². The summed E-state index contributed by atoms with van der Waals surface area (Å²) in [5.41, 5.74) is 5.99. The SMILES string of the molecule is COC(=O)c1cc(N)nc(N2CCCC(Cn3ccnc3)C2)n1.O=CO. The van der Waals surface area contributed by atoms with Crippen molar-refractivity contribution in [1.29, 1.82) is 0 Å². The fourth-order valence-electron chi connectivity index (χ4n) is 2.89. The Morgan fingerprint density at radius 3 is 2.92 bits per heavy atom. The van der Waals surface area contributed by atoms with E-state index in [-0.39, 0.29) is 18.0 Å². The molecule has 0 bridgehead atoms. The lowest BCUT2D eigenvalue weighted by Crippen LogP contribution is -2.38. The lowest BCUT2D eigenvalue weighted by molar-refractivity contribution is -0.122. The van der Waals surface area contributed by atoms with E-state index in [9.17, 15) is 4.79 Å². The molecule has 3 heterocycles. The molecule has 0 amide bonds. The van der Waals surface area contributed by atoms with Crippen LogP contribution in [-0.2, 0) is 16.1 Å². The average Bonchev–Trinajstić information content (AvgIpc) is 3.14. The number of hydrogen-bond acceptors (Lipinski definition) is 8. The van der Waals surface area contributed by atoms with Crippen LogP contribution in [0.1, 0.15) is 23.3 Å². The summed E-state index contributed by atoms with van der Waals surface area (Å²) in [6, 6.07) is 1.43. The van der Waals surface area contributed by atoms with E-state index >= 15 is 0 Å². The van der Waals surface area contributed by atoms with Gasteiger partial charge in [0.1, 0.15) is 5.82 Å². The first-order valence-corrected chi connectivity index (χ1v) is 8.08. The number of nitrogens with zero attached hydrogens (tertiary/aromatic N) is 5. The van der Waals surface area contributed by atoms with Crippen molar-refractivity contribution in [3.8, 4) is 0 Å². The summed E-state index contributed by atoms with van der Waals surface area (Å²) in [7, 11) is 1.32. The van der Waals surface area contributed by atoms with Crippen LogP contribution >= 0.6 is 0 Å². The molecule has 1 atom stereocenters. The Balaban J connectivity index is 0.000000758. The number of nitrogen functional groups attached to an aromatic ring is 1. The Morgan fingerprint density at radius 1 is 1.50 bits per heavy atom. The highest BCUT2D eigenvalue weighted by molar-refractivity contribution is 5.88. The van der Waals surface area contributed by atoms with Gasteiger partial charge in [0.25, 0.3) is 6.47 Å². The number of piperidine rings is 1. The smallest absolute Gasteiger partial charge is 0.356 e. The van der Waals surface area contributed by atoms with Gasteiger partial charge in [-0.15, -0.1) is 0 Å². The number of esters is 1. The quantitative estimate of drug-likeness (QED) is 0.593. The lowest BCUT2D eigenvalue weighted by Gasteiger charge is -2.33. The Morgan fingerprint density at radius 2 is 2.27 bits per heavy atom. The van der Waals surface area contributed by atoms with Gasteiger partial charge in [-0.05, 0) is 18.8 Å². The van der Waals surface area contributed by atoms with Crippen LogP contribution in [-0.4, -0.2) is 57.3 Å². The number of imidazole rings is 1. The normalized spacial score (nSPS) is 16.3. The van der Waals surface area contributed by atoms with Crippen molar-refractivity contribution in [1.82, 2.24) is 19.5 Å². The van der Waals surface area contributed by atoms with Gasteiger partial charge in [0.05, 0.1) is 13.4 Å². The number of carbonyl (C=O) groups excluding carboxylic acids is 1. The topological polar surface area (TPSA) is 136 Å². The third-order valence-corrected chi connectivity index (χ3v) is 3.96. The molecule has 140 valence electrons. The summed E-state index contributed by atoms with van der Waals surface area (Å²) in [6.07, 6.45) is 7.76. The molecule has 3 N–H and O–H groups in total. The maximum atomic E-state index is 11.7. The van der Waals surface area contributed by atoms with Crippen molar-refractivity contribution in [2.24, 2.45) is 5.92 Å². The second kappa shape index (κ2) is 9.35. The van der Waals surface area contributed by atoms with E-state index in [1.165, 1.54) is 13.2 Å². The molecule has 0 spiro atoms. The van der Waals surface area contributed by atoms with E-state index < -0.39 is 5.97 Å². The third kappa shape index (κ3) is 5.16. The predicted octanol–water partition coefficient (Wildman–Crippen LogP) is 0.659. The molecule has 1 aliphatic heterocycles. The van der Waals surface area contributed by atoms with Crippen molar-refractivity contribution in [2.45, 2.75) is 19.4 Å². The second-order valence-electron chi connectivity index (χ2n) is 5.79. The van der Waals surface area contributed by atoms with E-state index in [0.717, 1.165) is 32.5 Å². The van der Waals surface area contributed by atoms with E-state index in [2.05, 4.69) is 24.4 Å². The van der Waals surface area contributed by atoms with Crippen molar-refractivity contribution in [3.05, 3.63) is 30.5 Å². The Hall–Kier alpha value is -3.17. The minimum absolute atomic E-state index is 0.187. The predicted molar refractivity (Wildman–Crippen MR) is 93.6 cm³/mol. The van der Waals surface area contributed by atoms with Crippen LogP contribution in [0.5, 0.6) is 0 Å².